The van der Waals surface area contributed by atoms with Gasteiger partial charge in [0.15, 0.2) is 15.1 Å². The van der Waals surface area contributed by atoms with Gasteiger partial charge in [-0.1, -0.05) is 66.7 Å². The number of hydrogen-bond acceptors (Lipinski definition) is 3. The SMILES string of the molecule is O=C1[C@H](S(=O)(=O)c2ccccc2)[C@@H](c2ccccc2)N1c1ccccc1. The molecule has 5 heteroatoms. The monoisotopic (exact) mass is 363 g/mol. The predicted octanol–water partition coefficient (Wildman–Crippen LogP) is 3.62. The fourth-order valence-corrected chi connectivity index (χ4v) is 5.20. The summed E-state index contributed by atoms with van der Waals surface area (Å²) in [5, 5.41) is -1.12. The third-order valence-electron chi connectivity index (χ3n) is 4.63. The van der Waals surface area contributed by atoms with E-state index in [2.05, 4.69) is 0 Å². The third-order valence-corrected chi connectivity index (χ3v) is 6.68. The molecule has 1 amide bonds. The second kappa shape index (κ2) is 6.42. The molecular formula is C21H17NO3S. The highest BCUT2D eigenvalue weighted by Gasteiger charge is 2.56. The lowest BCUT2D eigenvalue weighted by Crippen LogP contribution is -2.62. The molecule has 0 spiro atoms. The molecule has 3 aromatic rings. The Labute approximate surface area is 152 Å². The van der Waals surface area contributed by atoms with Gasteiger partial charge in [-0.25, -0.2) is 8.42 Å². The fraction of sp³-hybridized carbons (Fsp3) is 0.0952. The summed E-state index contributed by atoms with van der Waals surface area (Å²) in [6, 6.07) is 26.1. The summed E-state index contributed by atoms with van der Waals surface area (Å²) in [4.78, 5) is 14.7. The van der Waals surface area contributed by atoms with Gasteiger partial charge in [0.05, 0.1) is 10.9 Å². The number of carbonyl (C=O) groups excluding carboxylic acids is 1. The second-order valence-corrected chi connectivity index (χ2v) is 8.25. The van der Waals surface area contributed by atoms with E-state index < -0.39 is 27.0 Å². The number of β-lactam (4-membered cyclic amide) rings is 1. The van der Waals surface area contributed by atoms with Crippen LogP contribution in [0.5, 0.6) is 0 Å². The molecule has 0 N–H and O–H groups in total. The first kappa shape index (κ1) is 16.5. The van der Waals surface area contributed by atoms with E-state index in [1.165, 1.54) is 12.1 Å². The van der Waals surface area contributed by atoms with Crippen molar-refractivity contribution in [1.29, 1.82) is 0 Å². The molecule has 0 aromatic heterocycles. The Morgan fingerprint density at radius 1 is 0.692 bits per heavy atom. The van der Waals surface area contributed by atoms with E-state index >= 15 is 0 Å². The molecule has 130 valence electrons. The Bertz CT molecular complexity index is 1020. The normalized spacial score (nSPS) is 19.8. The number of para-hydroxylation sites is 1. The van der Waals surface area contributed by atoms with Gasteiger partial charge in [0.2, 0.25) is 5.91 Å². The van der Waals surface area contributed by atoms with Crippen LogP contribution in [-0.2, 0) is 14.6 Å². The van der Waals surface area contributed by atoms with Crippen molar-refractivity contribution in [3.63, 3.8) is 0 Å². The topological polar surface area (TPSA) is 54.5 Å². The van der Waals surface area contributed by atoms with Crippen LogP contribution in [-0.4, -0.2) is 19.6 Å². The van der Waals surface area contributed by atoms with Crippen LogP contribution in [0.4, 0.5) is 5.69 Å². The molecule has 26 heavy (non-hydrogen) atoms. The van der Waals surface area contributed by atoms with E-state index in [0.29, 0.717) is 5.69 Å². The van der Waals surface area contributed by atoms with Crippen molar-refractivity contribution in [2.24, 2.45) is 0 Å². The average molecular weight is 363 g/mol. The molecule has 1 aliphatic rings. The highest BCUT2D eigenvalue weighted by atomic mass is 32.2. The standard InChI is InChI=1S/C21H17NO3S/c23-21-20(26(24,25)18-14-8-3-9-15-18)19(16-10-4-1-5-11-16)22(21)17-12-6-2-7-13-17/h1-15,19-20H/t19-,20-/m1/s1. The molecule has 0 bridgehead atoms. The predicted molar refractivity (Wildman–Crippen MR) is 101 cm³/mol. The molecule has 0 radical (unpaired) electrons. The zero-order valence-electron chi connectivity index (χ0n) is 13.9. The minimum atomic E-state index is -3.78. The molecule has 1 heterocycles. The quantitative estimate of drug-likeness (QED) is 0.665. The van der Waals surface area contributed by atoms with Gasteiger partial charge in [-0.2, -0.15) is 0 Å². The van der Waals surface area contributed by atoms with Crippen LogP contribution in [0.25, 0.3) is 0 Å². The fourth-order valence-electron chi connectivity index (χ4n) is 3.37. The van der Waals surface area contributed by atoms with Crippen molar-refractivity contribution in [3.05, 3.63) is 96.6 Å². The Kier molecular flexibility index (Phi) is 4.09. The number of nitrogens with zero attached hydrogens (tertiary/aromatic N) is 1. The first-order valence-electron chi connectivity index (χ1n) is 8.33. The maximum atomic E-state index is 13.1. The summed E-state index contributed by atoms with van der Waals surface area (Å²) in [5.41, 5.74) is 1.51. The zero-order valence-corrected chi connectivity index (χ0v) is 14.7. The highest BCUT2D eigenvalue weighted by molar-refractivity contribution is 7.93. The molecule has 0 saturated carbocycles. The van der Waals surface area contributed by atoms with Crippen LogP contribution in [0.15, 0.2) is 95.9 Å². The summed E-state index contributed by atoms with van der Waals surface area (Å²) in [6.07, 6.45) is 0. The molecule has 1 fully saturated rings. The van der Waals surface area contributed by atoms with Gasteiger partial charge in [-0.05, 0) is 29.8 Å². The van der Waals surface area contributed by atoms with Crippen molar-refractivity contribution >= 4 is 21.4 Å². The van der Waals surface area contributed by atoms with Gasteiger partial charge in [-0.3, -0.25) is 4.79 Å². The van der Waals surface area contributed by atoms with E-state index in [-0.39, 0.29) is 4.90 Å². The Hall–Kier alpha value is -2.92. The van der Waals surface area contributed by atoms with E-state index in [1.54, 1.807) is 23.1 Å². The lowest BCUT2D eigenvalue weighted by Gasteiger charge is -2.46. The summed E-state index contributed by atoms with van der Waals surface area (Å²) < 4.78 is 26.3. The number of carbonyl (C=O) groups is 1. The zero-order chi connectivity index (χ0) is 18.1. The molecule has 1 saturated heterocycles. The second-order valence-electron chi connectivity index (χ2n) is 6.18. The summed E-state index contributed by atoms with van der Waals surface area (Å²) in [6.45, 7) is 0. The molecule has 3 aromatic carbocycles. The first-order valence-corrected chi connectivity index (χ1v) is 9.87. The summed E-state index contributed by atoms with van der Waals surface area (Å²) in [7, 11) is -3.78. The summed E-state index contributed by atoms with van der Waals surface area (Å²) in [5.74, 6) is -0.395. The van der Waals surface area contributed by atoms with E-state index in [9.17, 15) is 13.2 Å². The maximum Gasteiger partial charge on any atom is 0.248 e. The van der Waals surface area contributed by atoms with Gasteiger partial charge in [0, 0.05) is 5.69 Å². The minimum Gasteiger partial charge on any atom is -0.302 e. The molecular weight excluding hydrogens is 346 g/mol. The van der Waals surface area contributed by atoms with Gasteiger partial charge in [0.1, 0.15) is 0 Å². The lowest BCUT2D eigenvalue weighted by molar-refractivity contribution is -0.123. The number of anilines is 1. The van der Waals surface area contributed by atoms with E-state index in [4.69, 9.17) is 0 Å². The lowest BCUT2D eigenvalue weighted by atomic mass is 9.92. The van der Waals surface area contributed by atoms with Crippen molar-refractivity contribution in [1.82, 2.24) is 0 Å². The van der Waals surface area contributed by atoms with Crippen LogP contribution in [0, 0.1) is 0 Å². The molecule has 2 atom stereocenters. The molecule has 4 rings (SSSR count). The van der Waals surface area contributed by atoms with E-state index in [0.717, 1.165) is 5.56 Å². The van der Waals surface area contributed by atoms with Gasteiger partial charge >= 0.3 is 0 Å². The van der Waals surface area contributed by atoms with Crippen molar-refractivity contribution in [3.8, 4) is 0 Å². The van der Waals surface area contributed by atoms with E-state index in [1.807, 2.05) is 60.7 Å². The maximum absolute atomic E-state index is 13.1. The number of rotatable bonds is 4. The number of amides is 1. The van der Waals surface area contributed by atoms with Crippen LogP contribution in [0.2, 0.25) is 0 Å². The van der Waals surface area contributed by atoms with Crippen molar-refractivity contribution < 1.29 is 13.2 Å². The minimum absolute atomic E-state index is 0.173. The van der Waals surface area contributed by atoms with Crippen molar-refractivity contribution in [2.45, 2.75) is 16.2 Å². The van der Waals surface area contributed by atoms with Crippen LogP contribution in [0.1, 0.15) is 11.6 Å². The summed E-state index contributed by atoms with van der Waals surface area (Å²) >= 11 is 0. The van der Waals surface area contributed by atoms with Crippen LogP contribution in [0.3, 0.4) is 0 Å². The Morgan fingerprint density at radius 2 is 1.19 bits per heavy atom. The van der Waals surface area contributed by atoms with Gasteiger partial charge in [0.25, 0.3) is 0 Å². The third kappa shape index (κ3) is 2.61. The Balaban J connectivity index is 1.81. The molecule has 1 aliphatic heterocycles. The smallest absolute Gasteiger partial charge is 0.248 e. The van der Waals surface area contributed by atoms with Gasteiger partial charge in [-0.15, -0.1) is 0 Å². The molecule has 0 unspecified atom stereocenters. The van der Waals surface area contributed by atoms with Crippen molar-refractivity contribution in [2.75, 3.05) is 4.90 Å². The number of benzene rings is 3. The van der Waals surface area contributed by atoms with Gasteiger partial charge < -0.3 is 4.90 Å². The largest absolute Gasteiger partial charge is 0.302 e. The first-order chi connectivity index (χ1) is 12.6. The molecule has 4 nitrogen and oxygen atoms in total. The number of hydrogen-bond donors (Lipinski definition) is 0. The average Bonchev–Trinajstić information content (AvgIpc) is 2.68. The number of sulfone groups is 1. The highest BCUT2D eigenvalue weighted by Crippen LogP contribution is 2.44. The Morgan fingerprint density at radius 3 is 1.77 bits per heavy atom. The van der Waals surface area contributed by atoms with Crippen LogP contribution >= 0.6 is 0 Å². The molecule has 0 aliphatic carbocycles. The van der Waals surface area contributed by atoms with Crippen LogP contribution < -0.4 is 4.90 Å².